The molecule has 2 aromatic rings. The minimum atomic E-state index is -0.622. The van der Waals surface area contributed by atoms with Gasteiger partial charge in [0.1, 0.15) is 11.3 Å². The highest BCUT2D eigenvalue weighted by Gasteiger charge is 2.42. The van der Waals surface area contributed by atoms with E-state index in [1.165, 1.54) is 0 Å². The van der Waals surface area contributed by atoms with E-state index in [1.54, 1.807) is 6.20 Å². The van der Waals surface area contributed by atoms with Crippen LogP contribution in [-0.4, -0.2) is 35.4 Å². The van der Waals surface area contributed by atoms with E-state index in [1.807, 2.05) is 48.1 Å². The number of aromatic nitrogens is 2. The summed E-state index contributed by atoms with van der Waals surface area (Å²) in [6.07, 6.45) is 5.08. The Kier molecular flexibility index (Phi) is 7.89. The predicted molar refractivity (Wildman–Crippen MR) is 113 cm³/mol. The van der Waals surface area contributed by atoms with Gasteiger partial charge in [0, 0.05) is 12.4 Å². The van der Waals surface area contributed by atoms with Crippen LogP contribution in [0.2, 0.25) is 0 Å². The number of hydrogen-bond acceptors (Lipinski definition) is 4. The number of ether oxygens (including phenoxy) is 1. The Balaban J connectivity index is 0.00000280. The number of halogens is 1. The minimum absolute atomic E-state index is 0. The Morgan fingerprint density at radius 1 is 1.25 bits per heavy atom. The van der Waals surface area contributed by atoms with Gasteiger partial charge < -0.3 is 15.4 Å². The van der Waals surface area contributed by atoms with Crippen molar-refractivity contribution in [2.24, 2.45) is 5.92 Å². The normalized spacial score (nSPS) is 16.9. The highest BCUT2D eigenvalue weighted by atomic mass is 35.5. The number of carbonyl (C=O) groups is 1. The van der Waals surface area contributed by atoms with Gasteiger partial charge in [-0.2, -0.15) is 5.10 Å². The van der Waals surface area contributed by atoms with E-state index in [-0.39, 0.29) is 24.4 Å². The fraction of sp³-hybridized carbons (Fsp3) is 0.524. The van der Waals surface area contributed by atoms with E-state index in [0.29, 0.717) is 12.5 Å². The van der Waals surface area contributed by atoms with Crippen molar-refractivity contribution in [2.75, 3.05) is 19.7 Å². The summed E-state index contributed by atoms with van der Waals surface area (Å²) in [5.74, 6) is 1.38. The van der Waals surface area contributed by atoms with E-state index in [2.05, 4.69) is 29.6 Å². The van der Waals surface area contributed by atoms with Crippen LogP contribution in [0.15, 0.2) is 42.7 Å². The highest BCUT2D eigenvalue weighted by molar-refractivity contribution is 5.85. The van der Waals surface area contributed by atoms with E-state index in [4.69, 9.17) is 4.74 Å². The molecule has 0 radical (unpaired) electrons. The number of amides is 1. The molecule has 0 bridgehead atoms. The Morgan fingerprint density at radius 2 is 1.93 bits per heavy atom. The molecular formula is C21H31ClN4O2. The summed E-state index contributed by atoms with van der Waals surface area (Å²) in [6, 6.07) is 9.75. The summed E-state index contributed by atoms with van der Waals surface area (Å²) in [5, 5.41) is 10.9. The van der Waals surface area contributed by atoms with Crippen molar-refractivity contribution < 1.29 is 9.53 Å². The molecule has 2 heterocycles. The van der Waals surface area contributed by atoms with Gasteiger partial charge in [0.05, 0.1) is 12.6 Å². The first-order valence-electron chi connectivity index (χ1n) is 9.76. The van der Waals surface area contributed by atoms with Gasteiger partial charge in [-0.3, -0.25) is 9.48 Å². The van der Waals surface area contributed by atoms with Gasteiger partial charge in [-0.25, -0.2) is 0 Å². The fourth-order valence-electron chi connectivity index (χ4n) is 3.45. The zero-order valence-electron chi connectivity index (χ0n) is 16.9. The first-order valence-corrected chi connectivity index (χ1v) is 9.76. The predicted octanol–water partition coefficient (Wildman–Crippen LogP) is 3.30. The number of benzene rings is 1. The molecule has 1 unspecified atom stereocenters. The van der Waals surface area contributed by atoms with Crippen molar-refractivity contribution in [2.45, 2.75) is 45.2 Å². The van der Waals surface area contributed by atoms with E-state index in [9.17, 15) is 4.79 Å². The molecule has 1 atom stereocenters. The maximum absolute atomic E-state index is 13.2. The Bertz CT molecular complexity index is 725. The van der Waals surface area contributed by atoms with Crippen molar-refractivity contribution in [3.8, 4) is 5.75 Å². The molecule has 6 nitrogen and oxygen atoms in total. The lowest BCUT2D eigenvalue weighted by Crippen LogP contribution is -2.55. The smallest absolute Gasteiger partial charge is 0.248 e. The van der Waals surface area contributed by atoms with Gasteiger partial charge in [-0.05, 0) is 62.5 Å². The van der Waals surface area contributed by atoms with Crippen molar-refractivity contribution in [1.82, 2.24) is 20.4 Å². The summed E-state index contributed by atoms with van der Waals surface area (Å²) in [4.78, 5) is 13.2. The van der Waals surface area contributed by atoms with Crippen LogP contribution in [0.3, 0.4) is 0 Å². The molecule has 1 aliphatic heterocycles. The lowest BCUT2D eigenvalue weighted by Gasteiger charge is -2.37. The van der Waals surface area contributed by atoms with Crippen LogP contribution in [-0.2, 0) is 10.3 Å². The monoisotopic (exact) mass is 406 g/mol. The molecule has 1 aliphatic rings. The van der Waals surface area contributed by atoms with Crippen LogP contribution in [0.25, 0.3) is 0 Å². The second kappa shape index (κ2) is 9.94. The van der Waals surface area contributed by atoms with Crippen LogP contribution >= 0.6 is 12.4 Å². The lowest BCUT2D eigenvalue weighted by molar-refractivity contribution is -0.132. The average Bonchev–Trinajstić information content (AvgIpc) is 3.22. The van der Waals surface area contributed by atoms with Gasteiger partial charge in [0.2, 0.25) is 5.91 Å². The third-order valence-electron chi connectivity index (χ3n) is 5.11. The number of rotatable bonds is 7. The van der Waals surface area contributed by atoms with Gasteiger partial charge in [0.25, 0.3) is 0 Å². The third kappa shape index (κ3) is 5.06. The largest absolute Gasteiger partial charge is 0.493 e. The zero-order valence-corrected chi connectivity index (χ0v) is 17.7. The Labute approximate surface area is 173 Å². The fourth-order valence-corrected chi connectivity index (χ4v) is 3.45. The van der Waals surface area contributed by atoms with Crippen molar-refractivity contribution in [3.05, 3.63) is 48.3 Å². The summed E-state index contributed by atoms with van der Waals surface area (Å²) in [5.41, 5.74) is 0.438. The highest BCUT2D eigenvalue weighted by Crippen LogP contribution is 2.28. The number of nitrogens with one attached hydrogen (secondary N) is 2. The molecule has 154 valence electrons. The lowest BCUT2D eigenvalue weighted by atomic mass is 9.87. The molecule has 7 heteroatoms. The molecule has 1 aromatic carbocycles. The molecule has 0 saturated carbocycles. The van der Waals surface area contributed by atoms with E-state index in [0.717, 1.165) is 37.2 Å². The maximum atomic E-state index is 13.2. The number of nitrogens with zero attached hydrogens (tertiary/aromatic N) is 2. The summed E-state index contributed by atoms with van der Waals surface area (Å²) in [6.45, 7) is 8.59. The van der Waals surface area contributed by atoms with Gasteiger partial charge >= 0.3 is 0 Å². The second-order valence-electron chi connectivity index (χ2n) is 7.70. The van der Waals surface area contributed by atoms with Crippen LogP contribution in [0, 0.1) is 5.92 Å². The number of piperidine rings is 1. The zero-order chi connectivity index (χ0) is 19.3. The minimum Gasteiger partial charge on any atom is -0.493 e. The average molecular weight is 407 g/mol. The topological polar surface area (TPSA) is 68.2 Å². The van der Waals surface area contributed by atoms with Crippen molar-refractivity contribution in [3.63, 3.8) is 0 Å². The standard InChI is InChI=1S/C21H30N4O2.ClH/c1-16(2)15-27-19-7-5-18(6-8-19)17(3)24-20(26)21(9-12-22-13-10-21)25-14-4-11-23-25;/h4-8,11,14,16-17,22H,9-10,12-13,15H2,1-3H3,(H,24,26);1H. The van der Waals surface area contributed by atoms with Crippen molar-refractivity contribution in [1.29, 1.82) is 0 Å². The molecule has 1 fully saturated rings. The first kappa shape index (κ1) is 22.2. The molecule has 1 amide bonds. The number of hydrogen-bond donors (Lipinski definition) is 2. The first-order chi connectivity index (χ1) is 13.0. The van der Waals surface area contributed by atoms with Crippen LogP contribution in [0.1, 0.15) is 45.2 Å². The Morgan fingerprint density at radius 3 is 2.50 bits per heavy atom. The Hall–Kier alpha value is -2.05. The van der Waals surface area contributed by atoms with Crippen molar-refractivity contribution >= 4 is 18.3 Å². The maximum Gasteiger partial charge on any atom is 0.248 e. The summed E-state index contributed by atoms with van der Waals surface area (Å²) >= 11 is 0. The van der Waals surface area contributed by atoms with E-state index >= 15 is 0 Å². The van der Waals surface area contributed by atoms with Gasteiger partial charge in [-0.15, -0.1) is 12.4 Å². The van der Waals surface area contributed by atoms with E-state index < -0.39 is 5.54 Å². The molecule has 0 aliphatic carbocycles. The second-order valence-corrected chi connectivity index (χ2v) is 7.70. The molecule has 28 heavy (non-hydrogen) atoms. The third-order valence-corrected chi connectivity index (χ3v) is 5.11. The molecule has 2 N–H and O–H groups in total. The molecule has 1 saturated heterocycles. The molecule has 1 aromatic heterocycles. The van der Waals surface area contributed by atoms with Crippen LogP contribution in [0.4, 0.5) is 0 Å². The number of carbonyl (C=O) groups excluding carboxylic acids is 1. The summed E-state index contributed by atoms with van der Waals surface area (Å²) < 4.78 is 7.56. The SMILES string of the molecule is CC(C)COc1ccc(C(C)NC(=O)C2(n3cccn3)CCNCC2)cc1.Cl. The molecular weight excluding hydrogens is 376 g/mol. The van der Waals surface area contributed by atoms with Gasteiger partial charge in [0.15, 0.2) is 0 Å². The molecule has 3 rings (SSSR count). The van der Waals surface area contributed by atoms with Crippen LogP contribution in [0.5, 0.6) is 5.75 Å². The summed E-state index contributed by atoms with van der Waals surface area (Å²) in [7, 11) is 0. The van der Waals surface area contributed by atoms with Gasteiger partial charge in [-0.1, -0.05) is 26.0 Å². The quantitative estimate of drug-likeness (QED) is 0.740. The molecule has 0 spiro atoms. The van der Waals surface area contributed by atoms with Crippen LogP contribution < -0.4 is 15.4 Å².